The van der Waals surface area contributed by atoms with Crippen LogP contribution in [0.5, 0.6) is 0 Å². The molecule has 72 valence electrons. The van der Waals surface area contributed by atoms with E-state index in [1.165, 1.54) is 0 Å². The molecule has 2 rings (SSSR count). The molecule has 0 fully saturated rings. The molecule has 0 spiro atoms. The van der Waals surface area contributed by atoms with Crippen molar-refractivity contribution in [2.75, 3.05) is 0 Å². The lowest BCUT2D eigenvalue weighted by atomic mass is 10.1. The third-order valence-corrected chi connectivity index (χ3v) is 2.22. The molecule has 0 saturated heterocycles. The molecule has 0 saturated carbocycles. The van der Waals surface area contributed by atoms with Crippen LogP contribution in [0.1, 0.15) is 11.3 Å². The van der Waals surface area contributed by atoms with Crippen molar-refractivity contribution in [1.29, 1.82) is 0 Å². The molecular weight excluding hydrogens is 182 g/mol. The third kappa shape index (κ3) is 1.35. The van der Waals surface area contributed by atoms with Crippen LogP contribution < -0.4 is 0 Å². The topological polar surface area (TPSA) is 56.3 Å². The average Bonchev–Trinajstić information content (AvgIpc) is 2.44. The van der Waals surface area contributed by atoms with Gasteiger partial charge in [0.15, 0.2) is 5.76 Å². The van der Waals surface area contributed by atoms with Gasteiger partial charge in [-0.2, -0.15) is 0 Å². The van der Waals surface area contributed by atoms with E-state index in [2.05, 4.69) is 0 Å². The fourth-order valence-electron chi connectivity index (χ4n) is 1.49. The number of nitrogens with zero attached hydrogens (tertiary/aromatic N) is 1. The number of hydrogen-bond donors (Lipinski definition) is 0. The Morgan fingerprint density at radius 3 is 2.79 bits per heavy atom. The summed E-state index contributed by atoms with van der Waals surface area (Å²) in [5.74, 6) is 0.441. The first kappa shape index (κ1) is 8.74. The van der Waals surface area contributed by atoms with Crippen LogP contribution in [-0.4, -0.2) is 4.92 Å². The van der Waals surface area contributed by atoms with Gasteiger partial charge >= 0.3 is 0 Å². The molecule has 0 radical (unpaired) electrons. The minimum atomic E-state index is -0.384. The summed E-state index contributed by atoms with van der Waals surface area (Å²) in [6.45, 7) is 1.59. The largest absolute Gasteiger partial charge is 0.454 e. The van der Waals surface area contributed by atoms with Gasteiger partial charge < -0.3 is 4.42 Å². The Balaban J connectivity index is 2.57. The first-order valence-corrected chi connectivity index (χ1v) is 4.27. The highest BCUT2D eigenvalue weighted by molar-refractivity contribution is 5.81. The number of aryl methyl sites for hydroxylation is 1. The maximum atomic E-state index is 10.3. The van der Waals surface area contributed by atoms with Crippen LogP contribution in [0.2, 0.25) is 0 Å². The SMILES string of the molecule is Cc1c(C[N+](=O)[O-])oc2ccccc12. The number of benzene rings is 1. The van der Waals surface area contributed by atoms with Gasteiger partial charge in [-0.25, -0.2) is 0 Å². The summed E-state index contributed by atoms with van der Waals surface area (Å²) < 4.78 is 5.37. The molecule has 4 heteroatoms. The number of para-hydroxylation sites is 1. The van der Waals surface area contributed by atoms with Crippen LogP contribution in [0.15, 0.2) is 28.7 Å². The number of furan rings is 1. The predicted molar refractivity (Wildman–Crippen MR) is 51.6 cm³/mol. The van der Waals surface area contributed by atoms with Gasteiger partial charge in [-0.15, -0.1) is 0 Å². The minimum absolute atomic E-state index is 0.249. The molecule has 2 aromatic rings. The molecule has 1 heterocycles. The summed E-state index contributed by atoms with van der Waals surface area (Å²) in [7, 11) is 0. The molecule has 4 nitrogen and oxygen atoms in total. The van der Waals surface area contributed by atoms with Crippen LogP contribution in [0, 0.1) is 17.0 Å². The highest BCUT2D eigenvalue weighted by Gasteiger charge is 2.13. The highest BCUT2D eigenvalue weighted by Crippen LogP contribution is 2.24. The van der Waals surface area contributed by atoms with Crippen molar-refractivity contribution in [3.05, 3.63) is 45.7 Å². The van der Waals surface area contributed by atoms with Crippen LogP contribution in [0.4, 0.5) is 0 Å². The van der Waals surface area contributed by atoms with Gasteiger partial charge in [0.05, 0.1) is 0 Å². The van der Waals surface area contributed by atoms with Crippen LogP contribution in [-0.2, 0) is 6.54 Å². The normalized spacial score (nSPS) is 10.6. The summed E-state index contributed by atoms with van der Waals surface area (Å²) in [4.78, 5) is 9.96. The maximum absolute atomic E-state index is 10.3. The van der Waals surface area contributed by atoms with Crippen molar-refractivity contribution in [1.82, 2.24) is 0 Å². The molecule has 0 amide bonds. The number of fused-ring (bicyclic) bond motifs is 1. The van der Waals surface area contributed by atoms with Gasteiger partial charge in [-0.1, -0.05) is 18.2 Å². The van der Waals surface area contributed by atoms with E-state index >= 15 is 0 Å². The summed E-state index contributed by atoms with van der Waals surface area (Å²) in [5.41, 5.74) is 1.57. The molecule has 14 heavy (non-hydrogen) atoms. The van der Waals surface area contributed by atoms with Crippen LogP contribution in [0.25, 0.3) is 11.0 Å². The van der Waals surface area contributed by atoms with E-state index in [0.29, 0.717) is 11.3 Å². The zero-order chi connectivity index (χ0) is 10.1. The first-order chi connectivity index (χ1) is 6.68. The standard InChI is InChI=1S/C10H9NO3/c1-7-8-4-2-3-5-9(8)14-10(7)6-11(12)13/h2-5H,6H2,1H3. The smallest absolute Gasteiger partial charge is 0.260 e. The molecule has 0 N–H and O–H groups in total. The summed E-state index contributed by atoms with van der Waals surface area (Å²) in [6.07, 6.45) is 0. The zero-order valence-corrected chi connectivity index (χ0v) is 7.69. The van der Waals surface area contributed by atoms with Gasteiger partial charge in [-0.05, 0) is 13.0 Å². The quantitative estimate of drug-likeness (QED) is 0.541. The van der Waals surface area contributed by atoms with Gasteiger partial charge in [0.2, 0.25) is 0 Å². The predicted octanol–water partition coefficient (Wildman–Crippen LogP) is 2.52. The highest BCUT2D eigenvalue weighted by atomic mass is 16.6. The first-order valence-electron chi connectivity index (χ1n) is 4.27. The van der Waals surface area contributed by atoms with E-state index in [1.54, 1.807) is 0 Å². The Labute approximate surface area is 80.3 Å². The number of nitro groups is 1. The fraction of sp³-hybridized carbons (Fsp3) is 0.200. The molecular formula is C10H9NO3. The summed E-state index contributed by atoms with van der Waals surface area (Å²) >= 11 is 0. The van der Waals surface area contributed by atoms with Crippen molar-refractivity contribution in [2.45, 2.75) is 13.5 Å². The van der Waals surface area contributed by atoms with E-state index in [4.69, 9.17) is 4.42 Å². The van der Waals surface area contributed by atoms with Crippen molar-refractivity contribution in [2.24, 2.45) is 0 Å². The maximum Gasteiger partial charge on any atom is 0.260 e. The van der Waals surface area contributed by atoms with Crippen molar-refractivity contribution >= 4 is 11.0 Å². The Bertz CT molecular complexity index is 487. The second kappa shape index (κ2) is 3.14. The van der Waals surface area contributed by atoms with Crippen LogP contribution in [0.3, 0.4) is 0 Å². The van der Waals surface area contributed by atoms with E-state index < -0.39 is 0 Å². The van der Waals surface area contributed by atoms with Crippen molar-refractivity contribution < 1.29 is 9.34 Å². The lowest BCUT2D eigenvalue weighted by Gasteiger charge is -1.89. The van der Waals surface area contributed by atoms with Crippen LogP contribution >= 0.6 is 0 Å². The summed E-state index contributed by atoms with van der Waals surface area (Å²) in [5, 5.41) is 11.3. The van der Waals surface area contributed by atoms with E-state index in [9.17, 15) is 10.1 Å². The Morgan fingerprint density at radius 2 is 2.14 bits per heavy atom. The lowest BCUT2D eigenvalue weighted by molar-refractivity contribution is -0.499. The summed E-state index contributed by atoms with van der Waals surface area (Å²) in [6, 6.07) is 7.45. The third-order valence-electron chi connectivity index (χ3n) is 2.22. The Kier molecular flexibility index (Phi) is 1.96. The number of hydrogen-bond acceptors (Lipinski definition) is 3. The molecule has 0 aliphatic rings. The molecule has 1 aromatic heterocycles. The van der Waals surface area contributed by atoms with E-state index in [1.807, 2.05) is 31.2 Å². The zero-order valence-electron chi connectivity index (χ0n) is 7.69. The average molecular weight is 191 g/mol. The van der Waals surface area contributed by atoms with E-state index in [-0.39, 0.29) is 11.5 Å². The molecule has 0 bridgehead atoms. The second-order valence-corrected chi connectivity index (χ2v) is 3.14. The Morgan fingerprint density at radius 1 is 1.43 bits per heavy atom. The molecule has 1 aromatic carbocycles. The van der Waals surface area contributed by atoms with Gasteiger partial charge in [0.25, 0.3) is 6.54 Å². The number of rotatable bonds is 2. The van der Waals surface area contributed by atoms with Gasteiger partial charge in [-0.3, -0.25) is 10.1 Å². The fourth-order valence-corrected chi connectivity index (χ4v) is 1.49. The van der Waals surface area contributed by atoms with Crippen molar-refractivity contribution in [3.63, 3.8) is 0 Å². The molecule has 0 unspecified atom stereocenters. The van der Waals surface area contributed by atoms with Gasteiger partial charge in [0, 0.05) is 15.9 Å². The lowest BCUT2D eigenvalue weighted by Crippen LogP contribution is -1.97. The van der Waals surface area contributed by atoms with Gasteiger partial charge in [0.1, 0.15) is 5.58 Å². The minimum Gasteiger partial charge on any atom is -0.454 e. The van der Waals surface area contributed by atoms with Crippen molar-refractivity contribution in [3.8, 4) is 0 Å². The monoisotopic (exact) mass is 191 g/mol. The molecule has 0 atom stereocenters. The Hall–Kier alpha value is -1.84. The second-order valence-electron chi connectivity index (χ2n) is 3.14. The molecule has 0 aliphatic heterocycles. The molecule has 0 aliphatic carbocycles. The van der Waals surface area contributed by atoms with E-state index in [0.717, 1.165) is 10.9 Å².